The lowest BCUT2D eigenvalue weighted by Crippen LogP contribution is -1.93. The normalized spacial score (nSPS) is 11.2. The molecule has 0 radical (unpaired) electrons. The van der Waals surface area contributed by atoms with Crippen molar-refractivity contribution < 1.29 is 9.53 Å². The van der Waals surface area contributed by atoms with Crippen molar-refractivity contribution in [1.82, 2.24) is 0 Å². The number of methoxy groups -OCH3 is 1. The van der Waals surface area contributed by atoms with Gasteiger partial charge in [0.15, 0.2) is 0 Å². The van der Waals surface area contributed by atoms with Crippen molar-refractivity contribution >= 4 is 34.1 Å². The molecule has 0 N–H and O–H groups in total. The number of alkyl halides is 1. The number of rotatable bonds is 5. The number of carbonyl (C=O) groups excluding carboxylic acids is 1. The first-order valence-corrected chi connectivity index (χ1v) is 6.47. The molecule has 0 saturated carbocycles. The molecule has 0 atom stereocenters. The second-order valence-corrected chi connectivity index (χ2v) is 4.20. The first kappa shape index (κ1) is 13.7. The van der Waals surface area contributed by atoms with E-state index in [1.165, 1.54) is 13.2 Å². The third-order valence-electron chi connectivity index (χ3n) is 2.14. The summed E-state index contributed by atoms with van der Waals surface area (Å²) in [5.74, 6) is -0.341. The molecule has 0 aromatic heterocycles. The molecule has 0 fully saturated rings. The van der Waals surface area contributed by atoms with Gasteiger partial charge in [0.2, 0.25) is 0 Å². The van der Waals surface area contributed by atoms with Crippen LogP contribution in [0.15, 0.2) is 36.4 Å². The van der Waals surface area contributed by atoms with Crippen LogP contribution in [-0.4, -0.2) is 18.4 Å². The SMILES string of the molecule is COC(=O)/C=C/c1ccc(C=CCCBr)cc1. The van der Waals surface area contributed by atoms with E-state index in [-0.39, 0.29) is 5.97 Å². The predicted molar refractivity (Wildman–Crippen MR) is 74.9 cm³/mol. The third kappa shape index (κ3) is 5.50. The van der Waals surface area contributed by atoms with Crippen molar-refractivity contribution in [3.05, 3.63) is 47.5 Å². The summed E-state index contributed by atoms with van der Waals surface area (Å²) in [5.41, 5.74) is 2.13. The molecule has 0 unspecified atom stereocenters. The number of esters is 1. The quantitative estimate of drug-likeness (QED) is 0.470. The van der Waals surface area contributed by atoms with Crippen LogP contribution in [0, 0.1) is 0 Å². The summed E-state index contributed by atoms with van der Waals surface area (Å²) in [6.07, 6.45) is 8.36. The first-order valence-electron chi connectivity index (χ1n) is 5.35. The maximum absolute atomic E-state index is 10.9. The summed E-state index contributed by atoms with van der Waals surface area (Å²) in [4.78, 5) is 10.9. The molecule has 2 nitrogen and oxygen atoms in total. The van der Waals surface area contributed by atoms with E-state index in [1.807, 2.05) is 24.3 Å². The minimum atomic E-state index is -0.341. The molecule has 0 heterocycles. The van der Waals surface area contributed by atoms with Gasteiger partial charge < -0.3 is 4.74 Å². The fourth-order valence-corrected chi connectivity index (χ4v) is 1.50. The Morgan fingerprint density at radius 2 is 1.82 bits per heavy atom. The van der Waals surface area contributed by atoms with Crippen molar-refractivity contribution in [3.63, 3.8) is 0 Å². The van der Waals surface area contributed by atoms with Crippen molar-refractivity contribution in [1.29, 1.82) is 0 Å². The highest BCUT2D eigenvalue weighted by atomic mass is 79.9. The van der Waals surface area contributed by atoms with E-state index in [0.29, 0.717) is 0 Å². The maximum Gasteiger partial charge on any atom is 0.330 e. The molecular formula is C14H15BrO2. The molecule has 0 aliphatic rings. The van der Waals surface area contributed by atoms with Gasteiger partial charge in [-0.3, -0.25) is 0 Å². The van der Waals surface area contributed by atoms with Gasteiger partial charge in [-0.05, 0) is 23.6 Å². The molecule has 0 amide bonds. The van der Waals surface area contributed by atoms with Crippen LogP contribution in [0.1, 0.15) is 17.5 Å². The van der Waals surface area contributed by atoms with Gasteiger partial charge in [-0.2, -0.15) is 0 Å². The standard InChI is InChI=1S/C14H15BrO2/c1-17-14(16)10-9-13-7-5-12(6-8-13)4-2-3-11-15/h2,4-10H,3,11H2,1H3/b4-2?,10-9+. The summed E-state index contributed by atoms with van der Waals surface area (Å²) >= 11 is 3.37. The van der Waals surface area contributed by atoms with Crippen LogP contribution in [0.3, 0.4) is 0 Å². The molecule has 90 valence electrons. The summed E-state index contributed by atoms with van der Waals surface area (Å²) in [7, 11) is 1.37. The minimum Gasteiger partial charge on any atom is -0.466 e. The zero-order chi connectivity index (χ0) is 12.5. The van der Waals surface area contributed by atoms with E-state index in [0.717, 1.165) is 22.9 Å². The number of carbonyl (C=O) groups is 1. The third-order valence-corrected chi connectivity index (χ3v) is 2.59. The number of benzene rings is 1. The fourth-order valence-electron chi connectivity index (χ4n) is 1.23. The highest BCUT2D eigenvalue weighted by Crippen LogP contribution is 2.08. The molecule has 1 aromatic rings. The second kappa shape index (κ2) is 7.85. The van der Waals surface area contributed by atoms with Gasteiger partial charge in [-0.1, -0.05) is 52.3 Å². The number of ether oxygens (including phenoxy) is 1. The van der Waals surface area contributed by atoms with Gasteiger partial charge in [0.05, 0.1) is 7.11 Å². The average Bonchev–Trinajstić information content (AvgIpc) is 2.37. The van der Waals surface area contributed by atoms with Crippen molar-refractivity contribution in [2.45, 2.75) is 6.42 Å². The van der Waals surface area contributed by atoms with E-state index in [9.17, 15) is 4.79 Å². The second-order valence-electron chi connectivity index (χ2n) is 3.40. The Balaban J connectivity index is 2.61. The number of hydrogen-bond donors (Lipinski definition) is 0. The monoisotopic (exact) mass is 294 g/mol. The molecule has 1 rings (SSSR count). The van der Waals surface area contributed by atoms with Gasteiger partial charge >= 0.3 is 5.97 Å². The van der Waals surface area contributed by atoms with Crippen LogP contribution in [0.5, 0.6) is 0 Å². The van der Waals surface area contributed by atoms with E-state index in [2.05, 4.69) is 32.8 Å². The molecule has 0 saturated heterocycles. The Hall–Kier alpha value is -1.35. The van der Waals surface area contributed by atoms with Gasteiger partial charge in [-0.25, -0.2) is 4.79 Å². The Labute approximate surface area is 110 Å². The van der Waals surface area contributed by atoms with E-state index < -0.39 is 0 Å². The molecule has 0 spiro atoms. The van der Waals surface area contributed by atoms with Crippen molar-refractivity contribution in [3.8, 4) is 0 Å². The molecule has 1 aromatic carbocycles. The van der Waals surface area contributed by atoms with Crippen LogP contribution in [0.25, 0.3) is 12.2 Å². The predicted octanol–water partition coefficient (Wildman–Crippen LogP) is 3.67. The topological polar surface area (TPSA) is 26.3 Å². The number of allylic oxidation sites excluding steroid dienone is 1. The summed E-state index contributed by atoms with van der Waals surface area (Å²) in [6.45, 7) is 0. The largest absolute Gasteiger partial charge is 0.466 e. The number of halogens is 1. The molecular weight excluding hydrogens is 280 g/mol. The molecule has 0 aliphatic carbocycles. The Bertz CT molecular complexity index is 405. The van der Waals surface area contributed by atoms with Gasteiger partial charge in [0.25, 0.3) is 0 Å². The average molecular weight is 295 g/mol. The van der Waals surface area contributed by atoms with Crippen LogP contribution >= 0.6 is 15.9 Å². The van der Waals surface area contributed by atoms with Crippen molar-refractivity contribution in [2.24, 2.45) is 0 Å². The molecule has 3 heteroatoms. The van der Waals surface area contributed by atoms with Crippen LogP contribution < -0.4 is 0 Å². The van der Waals surface area contributed by atoms with Crippen LogP contribution in [0.4, 0.5) is 0 Å². The summed E-state index contributed by atoms with van der Waals surface area (Å²) < 4.78 is 4.52. The fraction of sp³-hybridized carbons (Fsp3) is 0.214. The summed E-state index contributed by atoms with van der Waals surface area (Å²) in [5, 5.41) is 0.976. The summed E-state index contributed by atoms with van der Waals surface area (Å²) in [6, 6.07) is 7.96. The smallest absolute Gasteiger partial charge is 0.330 e. The Morgan fingerprint density at radius 3 is 2.35 bits per heavy atom. The van der Waals surface area contributed by atoms with E-state index in [1.54, 1.807) is 6.08 Å². The van der Waals surface area contributed by atoms with Gasteiger partial charge in [0, 0.05) is 11.4 Å². The van der Waals surface area contributed by atoms with E-state index >= 15 is 0 Å². The maximum atomic E-state index is 10.9. The van der Waals surface area contributed by atoms with Crippen LogP contribution in [0.2, 0.25) is 0 Å². The minimum absolute atomic E-state index is 0.341. The van der Waals surface area contributed by atoms with Gasteiger partial charge in [0.1, 0.15) is 0 Å². The molecule has 0 aliphatic heterocycles. The van der Waals surface area contributed by atoms with Gasteiger partial charge in [-0.15, -0.1) is 0 Å². The molecule has 0 bridgehead atoms. The Kier molecular flexibility index (Phi) is 6.33. The van der Waals surface area contributed by atoms with E-state index in [4.69, 9.17) is 0 Å². The lowest BCUT2D eigenvalue weighted by Gasteiger charge is -1.96. The zero-order valence-electron chi connectivity index (χ0n) is 9.73. The highest BCUT2D eigenvalue weighted by molar-refractivity contribution is 9.09. The first-order chi connectivity index (χ1) is 8.26. The van der Waals surface area contributed by atoms with Crippen LogP contribution in [-0.2, 0) is 9.53 Å². The molecule has 17 heavy (non-hydrogen) atoms. The Morgan fingerprint density at radius 1 is 1.24 bits per heavy atom. The lowest BCUT2D eigenvalue weighted by molar-refractivity contribution is -0.134. The zero-order valence-corrected chi connectivity index (χ0v) is 11.3. The lowest BCUT2D eigenvalue weighted by atomic mass is 10.1. The number of hydrogen-bond acceptors (Lipinski definition) is 2. The van der Waals surface area contributed by atoms with Crippen molar-refractivity contribution in [2.75, 3.05) is 12.4 Å². The highest BCUT2D eigenvalue weighted by Gasteiger charge is 1.92.